The van der Waals surface area contributed by atoms with Crippen LogP contribution in [0.5, 0.6) is 0 Å². The zero-order valence-corrected chi connectivity index (χ0v) is 12.3. The fraction of sp³-hybridized carbons (Fsp3) is 0.0625. The Balaban J connectivity index is 2.01. The summed E-state index contributed by atoms with van der Waals surface area (Å²) in [5.74, 6) is 0.123. The standard InChI is InChI=1S/C16H15N3OS/c1-10-6-7-14(12(8-10)16(17)19-20)21-15-9-11-4-2-3-5-13(11)18-15/h2-9,18,20H,1H3,(H2,17,19). The van der Waals surface area contributed by atoms with Gasteiger partial charge >= 0.3 is 0 Å². The van der Waals surface area contributed by atoms with Gasteiger partial charge in [0, 0.05) is 21.4 Å². The van der Waals surface area contributed by atoms with Crippen LogP contribution in [-0.4, -0.2) is 16.0 Å². The summed E-state index contributed by atoms with van der Waals surface area (Å²) < 4.78 is 0. The molecule has 106 valence electrons. The number of hydrogen-bond acceptors (Lipinski definition) is 3. The first-order valence-corrected chi connectivity index (χ1v) is 7.33. The van der Waals surface area contributed by atoms with Crippen molar-refractivity contribution in [3.8, 4) is 0 Å². The monoisotopic (exact) mass is 297 g/mol. The van der Waals surface area contributed by atoms with Crippen molar-refractivity contribution in [2.24, 2.45) is 10.9 Å². The molecule has 1 heterocycles. The lowest BCUT2D eigenvalue weighted by Crippen LogP contribution is -2.14. The first kappa shape index (κ1) is 13.6. The molecule has 0 saturated carbocycles. The van der Waals surface area contributed by atoms with Crippen LogP contribution >= 0.6 is 11.8 Å². The van der Waals surface area contributed by atoms with E-state index in [2.05, 4.69) is 22.3 Å². The SMILES string of the molecule is Cc1ccc(Sc2cc3ccccc3[nH]2)c(/C(N)=N/O)c1. The summed E-state index contributed by atoms with van der Waals surface area (Å²) in [7, 11) is 0. The van der Waals surface area contributed by atoms with Gasteiger partial charge in [0.05, 0.1) is 5.03 Å². The van der Waals surface area contributed by atoms with Crippen LogP contribution in [0.25, 0.3) is 10.9 Å². The summed E-state index contributed by atoms with van der Waals surface area (Å²) in [6.07, 6.45) is 0. The molecule has 0 radical (unpaired) electrons. The summed E-state index contributed by atoms with van der Waals surface area (Å²) >= 11 is 1.56. The molecule has 0 spiro atoms. The lowest BCUT2D eigenvalue weighted by molar-refractivity contribution is 0.318. The minimum atomic E-state index is 0.123. The second-order valence-corrected chi connectivity index (χ2v) is 5.89. The Morgan fingerprint density at radius 3 is 2.76 bits per heavy atom. The molecule has 0 aliphatic heterocycles. The lowest BCUT2D eigenvalue weighted by atomic mass is 10.1. The summed E-state index contributed by atoms with van der Waals surface area (Å²) in [5.41, 5.74) is 8.67. The molecule has 4 N–H and O–H groups in total. The van der Waals surface area contributed by atoms with Crippen LogP contribution < -0.4 is 5.73 Å². The molecule has 0 bridgehead atoms. The van der Waals surface area contributed by atoms with Gasteiger partial charge in [-0.3, -0.25) is 0 Å². The molecule has 0 amide bonds. The van der Waals surface area contributed by atoms with Gasteiger partial charge in [0.25, 0.3) is 0 Å². The van der Waals surface area contributed by atoms with E-state index < -0.39 is 0 Å². The first-order chi connectivity index (χ1) is 10.2. The van der Waals surface area contributed by atoms with Crippen molar-refractivity contribution in [3.05, 3.63) is 59.7 Å². The van der Waals surface area contributed by atoms with Crippen LogP contribution in [0, 0.1) is 6.92 Å². The minimum absolute atomic E-state index is 0.123. The normalized spacial score (nSPS) is 12.0. The van der Waals surface area contributed by atoms with E-state index in [-0.39, 0.29) is 5.84 Å². The number of aromatic nitrogens is 1. The van der Waals surface area contributed by atoms with Crippen LogP contribution in [0.15, 0.2) is 63.6 Å². The maximum absolute atomic E-state index is 8.93. The molecule has 3 rings (SSSR count). The van der Waals surface area contributed by atoms with Crippen molar-refractivity contribution < 1.29 is 5.21 Å². The number of aryl methyl sites for hydroxylation is 1. The third-order valence-corrected chi connectivity index (χ3v) is 4.26. The molecule has 3 aromatic rings. The quantitative estimate of drug-likeness (QED) is 0.298. The van der Waals surface area contributed by atoms with Gasteiger partial charge in [-0.05, 0) is 31.2 Å². The highest BCUT2D eigenvalue weighted by atomic mass is 32.2. The van der Waals surface area contributed by atoms with Gasteiger partial charge in [-0.2, -0.15) is 0 Å². The number of nitrogens with one attached hydrogen (secondary N) is 1. The average molecular weight is 297 g/mol. The van der Waals surface area contributed by atoms with Gasteiger partial charge in [-0.25, -0.2) is 0 Å². The number of nitrogens with zero attached hydrogens (tertiary/aromatic N) is 1. The minimum Gasteiger partial charge on any atom is -0.409 e. The average Bonchev–Trinajstić information content (AvgIpc) is 2.90. The highest BCUT2D eigenvalue weighted by molar-refractivity contribution is 7.99. The number of para-hydroxylation sites is 1. The van der Waals surface area contributed by atoms with E-state index in [0.717, 1.165) is 32.0 Å². The van der Waals surface area contributed by atoms with Crippen LogP contribution in [0.3, 0.4) is 0 Å². The van der Waals surface area contributed by atoms with E-state index in [1.54, 1.807) is 11.8 Å². The van der Waals surface area contributed by atoms with Crippen molar-refractivity contribution in [2.45, 2.75) is 16.8 Å². The third kappa shape index (κ3) is 2.73. The molecule has 2 aromatic carbocycles. The zero-order chi connectivity index (χ0) is 14.8. The molecular weight excluding hydrogens is 282 g/mol. The predicted molar refractivity (Wildman–Crippen MR) is 86.1 cm³/mol. The number of amidine groups is 1. The van der Waals surface area contributed by atoms with Crippen LogP contribution in [0.1, 0.15) is 11.1 Å². The topological polar surface area (TPSA) is 74.4 Å². The van der Waals surface area contributed by atoms with Crippen molar-refractivity contribution in [1.29, 1.82) is 0 Å². The fourth-order valence-corrected chi connectivity index (χ4v) is 3.20. The Hall–Kier alpha value is -2.40. The van der Waals surface area contributed by atoms with Gasteiger partial charge < -0.3 is 15.9 Å². The van der Waals surface area contributed by atoms with Crippen LogP contribution in [-0.2, 0) is 0 Å². The summed E-state index contributed by atoms with van der Waals surface area (Å²) in [6, 6.07) is 16.1. The van der Waals surface area contributed by atoms with Crippen LogP contribution in [0.2, 0.25) is 0 Å². The molecule has 0 saturated heterocycles. The first-order valence-electron chi connectivity index (χ1n) is 6.51. The largest absolute Gasteiger partial charge is 0.409 e. The molecule has 21 heavy (non-hydrogen) atoms. The van der Waals surface area contributed by atoms with E-state index >= 15 is 0 Å². The number of benzene rings is 2. The highest BCUT2D eigenvalue weighted by Crippen LogP contribution is 2.32. The third-order valence-electron chi connectivity index (χ3n) is 3.24. The maximum Gasteiger partial charge on any atom is 0.171 e. The smallest absolute Gasteiger partial charge is 0.171 e. The Morgan fingerprint density at radius 2 is 2.00 bits per heavy atom. The van der Waals surface area contributed by atoms with E-state index in [4.69, 9.17) is 10.9 Å². The number of fused-ring (bicyclic) bond motifs is 1. The number of nitrogens with two attached hydrogens (primary N) is 1. The number of rotatable bonds is 3. The van der Waals surface area contributed by atoms with E-state index in [1.165, 1.54) is 0 Å². The van der Waals surface area contributed by atoms with Crippen molar-refractivity contribution in [2.75, 3.05) is 0 Å². The zero-order valence-electron chi connectivity index (χ0n) is 11.5. The molecule has 1 aromatic heterocycles. The van der Waals surface area contributed by atoms with Gasteiger partial charge in [0.15, 0.2) is 5.84 Å². The van der Waals surface area contributed by atoms with E-state index in [9.17, 15) is 0 Å². The number of H-pyrrole nitrogens is 1. The predicted octanol–water partition coefficient (Wildman–Crippen LogP) is 3.72. The van der Waals surface area contributed by atoms with E-state index in [1.807, 2.05) is 43.3 Å². The fourth-order valence-electron chi connectivity index (χ4n) is 2.21. The molecule has 4 nitrogen and oxygen atoms in total. The summed E-state index contributed by atoms with van der Waals surface area (Å²) in [5, 5.41) is 14.2. The summed E-state index contributed by atoms with van der Waals surface area (Å²) in [4.78, 5) is 4.31. The van der Waals surface area contributed by atoms with Gasteiger partial charge in [-0.1, -0.05) is 46.7 Å². The Kier molecular flexibility index (Phi) is 3.58. The molecule has 0 aliphatic carbocycles. The van der Waals surface area contributed by atoms with Crippen molar-refractivity contribution >= 4 is 28.5 Å². The molecule has 5 heteroatoms. The van der Waals surface area contributed by atoms with Crippen molar-refractivity contribution in [1.82, 2.24) is 4.98 Å². The molecule has 0 atom stereocenters. The maximum atomic E-state index is 8.93. The Bertz CT molecular complexity index is 790. The number of hydrogen-bond donors (Lipinski definition) is 3. The second kappa shape index (κ2) is 5.54. The molecule has 0 aliphatic rings. The van der Waals surface area contributed by atoms with Crippen LogP contribution in [0.4, 0.5) is 0 Å². The molecule has 0 fully saturated rings. The Morgan fingerprint density at radius 1 is 1.19 bits per heavy atom. The van der Waals surface area contributed by atoms with Crippen molar-refractivity contribution in [3.63, 3.8) is 0 Å². The van der Waals surface area contributed by atoms with Gasteiger partial charge in [-0.15, -0.1) is 0 Å². The lowest BCUT2D eigenvalue weighted by Gasteiger charge is -2.08. The van der Waals surface area contributed by atoms with E-state index in [0.29, 0.717) is 0 Å². The number of oxime groups is 1. The Labute approximate surface area is 126 Å². The molecule has 0 unspecified atom stereocenters. The highest BCUT2D eigenvalue weighted by Gasteiger charge is 2.10. The van der Waals surface area contributed by atoms with Gasteiger partial charge in [0.1, 0.15) is 0 Å². The number of aromatic amines is 1. The summed E-state index contributed by atoms with van der Waals surface area (Å²) in [6.45, 7) is 1.98. The van der Waals surface area contributed by atoms with Gasteiger partial charge in [0.2, 0.25) is 0 Å². The molecular formula is C16H15N3OS. The second-order valence-electron chi connectivity index (χ2n) is 4.81.